The van der Waals surface area contributed by atoms with Crippen LogP contribution in [0, 0.1) is 11.5 Å². The number of hydrogen-bond donors (Lipinski definition) is 0. The zero-order valence-electron chi connectivity index (χ0n) is 34.0. The van der Waals surface area contributed by atoms with Crippen LogP contribution in [0.1, 0.15) is 58.6 Å². The molecular formula is C36H55N9O11Si. The Morgan fingerprint density at radius 2 is 1.11 bits per heavy atom. The van der Waals surface area contributed by atoms with Crippen molar-refractivity contribution in [3.63, 3.8) is 0 Å². The predicted molar refractivity (Wildman–Crippen MR) is 201 cm³/mol. The molecule has 0 saturated carbocycles. The zero-order valence-corrected chi connectivity index (χ0v) is 35.0. The molecule has 314 valence electrons. The molecule has 20 nitrogen and oxygen atoms in total. The fourth-order valence-electron chi connectivity index (χ4n) is 4.92. The first kappa shape index (κ1) is 45.1. The van der Waals surface area contributed by atoms with Crippen LogP contribution in [0.15, 0.2) is 18.6 Å². The molecule has 0 amide bonds. The van der Waals surface area contributed by atoms with Crippen LogP contribution in [0.5, 0.6) is 0 Å². The first-order valence-corrected chi connectivity index (χ1v) is 21.7. The average molecular weight is 818 g/mol. The molecule has 1 aliphatic heterocycles. The van der Waals surface area contributed by atoms with Gasteiger partial charge in [0.2, 0.25) is 0 Å². The van der Waals surface area contributed by atoms with E-state index in [4.69, 9.17) is 37.9 Å². The lowest BCUT2D eigenvalue weighted by atomic mass is 10.2. The smallest absolute Gasteiger partial charge is 0.303 e. The van der Waals surface area contributed by atoms with Gasteiger partial charge in [-0.15, -0.1) is 20.8 Å². The lowest BCUT2D eigenvalue weighted by Crippen LogP contribution is -2.35. The molecule has 21 heteroatoms. The van der Waals surface area contributed by atoms with E-state index in [1.165, 1.54) is 25.5 Å². The van der Waals surface area contributed by atoms with Crippen LogP contribution in [0.2, 0.25) is 18.1 Å². The van der Waals surface area contributed by atoms with Crippen molar-refractivity contribution in [2.45, 2.75) is 124 Å². The van der Waals surface area contributed by atoms with Crippen LogP contribution < -0.4 is 0 Å². The summed E-state index contributed by atoms with van der Waals surface area (Å²) in [5, 5.41) is 24.9. The molecule has 4 heterocycles. The maximum atomic E-state index is 11.9. The number of ether oxygens (including phenoxy) is 8. The molecular weight excluding hydrogens is 763 g/mol. The first-order valence-electron chi connectivity index (χ1n) is 18.7. The van der Waals surface area contributed by atoms with Crippen LogP contribution >= 0.6 is 0 Å². The van der Waals surface area contributed by atoms with Gasteiger partial charge in [0.1, 0.15) is 56.2 Å². The van der Waals surface area contributed by atoms with Gasteiger partial charge in [0.25, 0.3) is 0 Å². The number of aromatic nitrogens is 9. The molecule has 0 unspecified atom stereocenters. The van der Waals surface area contributed by atoms with E-state index in [1.54, 1.807) is 28.0 Å². The second kappa shape index (κ2) is 21.8. The summed E-state index contributed by atoms with van der Waals surface area (Å²) in [7, 11) is -1.75. The van der Waals surface area contributed by atoms with Gasteiger partial charge in [-0.1, -0.05) is 55.4 Å². The topological polar surface area (TPSA) is 220 Å². The van der Waals surface area contributed by atoms with Crippen molar-refractivity contribution < 1.29 is 52.3 Å². The first-order chi connectivity index (χ1) is 27.0. The van der Waals surface area contributed by atoms with Gasteiger partial charge < -0.3 is 37.9 Å². The van der Waals surface area contributed by atoms with Crippen molar-refractivity contribution in [3.05, 3.63) is 35.7 Å². The Balaban J connectivity index is 1.20. The third-order valence-corrected chi connectivity index (χ3v) is 13.3. The lowest BCUT2D eigenvalue weighted by Gasteiger charge is -2.31. The van der Waals surface area contributed by atoms with Crippen LogP contribution in [-0.4, -0.2) is 135 Å². The monoisotopic (exact) mass is 817 g/mol. The summed E-state index contributed by atoms with van der Waals surface area (Å²) >= 11 is 0. The Labute approximate surface area is 333 Å². The van der Waals surface area contributed by atoms with Crippen molar-refractivity contribution >= 4 is 26.0 Å². The molecule has 1 fully saturated rings. The molecule has 3 aromatic heterocycles. The molecule has 3 aromatic rings. The van der Waals surface area contributed by atoms with Gasteiger partial charge in [-0.2, -0.15) is 0 Å². The second-order valence-corrected chi connectivity index (χ2v) is 20.2. The van der Waals surface area contributed by atoms with Crippen molar-refractivity contribution in [1.29, 1.82) is 0 Å². The van der Waals surface area contributed by atoms with Crippen LogP contribution in [0.4, 0.5) is 0 Å². The maximum Gasteiger partial charge on any atom is 0.303 e. The van der Waals surface area contributed by atoms with Gasteiger partial charge in [0.05, 0.1) is 91.1 Å². The molecule has 0 N–H and O–H groups in total. The van der Waals surface area contributed by atoms with Crippen LogP contribution in [0.3, 0.4) is 0 Å². The fourth-order valence-corrected chi connectivity index (χ4v) is 5.81. The maximum absolute atomic E-state index is 11.9. The van der Waals surface area contributed by atoms with E-state index < -0.39 is 44.3 Å². The number of esters is 3. The third-order valence-electron chi connectivity index (χ3n) is 8.75. The standard InChI is InChI=1S/C36H55N9O11Si/c1-26(46)54-32(21-49-10-9-11-57(7,8)36(4,5)6)15-43-12-29(37-40-43)18-50-22-33(55-27(2)47)16-44-13-30(38-41-44)19-51-23-34(56-28(3)48)17-45-14-31(39-42-45)20-52-24-35-25-53-35/h12-14,32-35H,10,15-25H2,1-8H3/t32-,33-,34-,35-/m1/s1. The molecule has 1 saturated heterocycles. The third kappa shape index (κ3) is 17.2. The molecule has 0 aliphatic carbocycles. The van der Waals surface area contributed by atoms with Crippen molar-refractivity contribution in [2.24, 2.45) is 0 Å². The van der Waals surface area contributed by atoms with E-state index in [0.29, 0.717) is 36.9 Å². The molecule has 4 atom stereocenters. The highest BCUT2D eigenvalue weighted by Gasteiger charge is 2.33. The average Bonchev–Trinajstić information content (AvgIpc) is 3.40. The number of epoxide rings is 1. The number of rotatable bonds is 24. The van der Waals surface area contributed by atoms with Crippen molar-refractivity contribution in [1.82, 2.24) is 45.0 Å². The molecule has 1 aliphatic rings. The summed E-state index contributed by atoms with van der Waals surface area (Å²) in [5.41, 5.74) is 5.07. The Morgan fingerprint density at radius 1 is 0.719 bits per heavy atom. The minimum atomic E-state index is -1.75. The van der Waals surface area contributed by atoms with E-state index in [9.17, 15) is 14.4 Å². The summed E-state index contributed by atoms with van der Waals surface area (Å²) in [6, 6.07) is 0. The van der Waals surface area contributed by atoms with E-state index in [-0.39, 0.29) is 70.4 Å². The quantitative estimate of drug-likeness (QED) is 0.0313. The van der Waals surface area contributed by atoms with Crippen LogP contribution in [0.25, 0.3) is 0 Å². The van der Waals surface area contributed by atoms with E-state index in [1.807, 2.05) is 0 Å². The van der Waals surface area contributed by atoms with Gasteiger partial charge in [-0.25, -0.2) is 14.0 Å². The summed E-state index contributed by atoms with van der Waals surface area (Å²) in [6.07, 6.45) is 3.29. The minimum absolute atomic E-state index is 0.0348. The largest absolute Gasteiger partial charge is 0.458 e. The van der Waals surface area contributed by atoms with E-state index in [2.05, 4.69) is 76.3 Å². The molecule has 0 aromatic carbocycles. The van der Waals surface area contributed by atoms with Gasteiger partial charge >= 0.3 is 17.9 Å². The normalized spacial score (nSPS) is 15.6. The SMILES string of the molecule is CC(=O)O[C@@H](COCC#C[Si](C)(C)C(C)(C)C)Cn1cc(COC[C@@H](Cn2cc(COC[C@@H](Cn3cc(COC[C@@H]4CO4)nn3)OC(C)=O)nn2)OC(C)=O)nn1. The molecule has 0 bridgehead atoms. The second-order valence-electron chi connectivity index (χ2n) is 15.2. The highest BCUT2D eigenvalue weighted by molar-refractivity contribution is 6.87. The van der Waals surface area contributed by atoms with Gasteiger partial charge in [-0.05, 0) is 5.04 Å². The Bertz CT molecular complexity index is 1790. The van der Waals surface area contributed by atoms with Gasteiger partial charge in [0, 0.05) is 20.8 Å². The fraction of sp³-hybridized carbons (Fsp3) is 0.694. The number of hydrogen-bond acceptors (Lipinski definition) is 17. The molecule has 0 radical (unpaired) electrons. The predicted octanol–water partition coefficient (Wildman–Crippen LogP) is 1.67. The van der Waals surface area contributed by atoms with Crippen LogP contribution in [-0.2, 0) is 91.7 Å². The van der Waals surface area contributed by atoms with E-state index in [0.717, 1.165) is 0 Å². The Hall–Kier alpha value is -4.59. The van der Waals surface area contributed by atoms with Crippen molar-refractivity contribution in [3.8, 4) is 11.5 Å². The Kier molecular flexibility index (Phi) is 17.3. The summed E-state index contributed by atoms with van der Waals surface area (Å²) in [6.45, 7) is 17.8. The molecule has 57 heavy (non-hydrogen) atoms. The molecule has 4 rings (SSSR count). The summed E-state index contributed by atoms with van der Waals surface area (Å²) in [4.78, 5) is 35.4. The van der Waals surface area contributed by atoms with E-state index >= 15 is 0 Å². The molecule has 0 spiro atoms. The number of carbonyl (C=O) groups excluding carboxylic acids is 3. The Morgan fingerprint density at radius 3 is 1.47 bits per heavy atom. The summed E-state index contributed by atoms with van der Waals surface area (Å²) in [5.74, 6) is 1.74. The lowest BCUT2D eigenvalue weighted by molar-refractivity contribution is -0.151. The highest BCUT2D eigenvalue weighted by atomic mass is 28.3. The van der Waals surface area contributed by atoms with Gasteiger partial charge in [-0.3, -0.25) is 14.4 Å². The number of carbonyl (C=O) groups is 3. The highest BCUT2D eigenvalue weighted by Crippen LogP contribution is 2.35. The minimum Gasteiger partial charge on any atom is -0.458 e. The summed E-state index contributed by atoms with van der Waals surface area (Å²) < 4.78 is 49.0. The number of nitrogens with zero attached hydrogens (tertiary/aromatic N) is 9. The van der Waals surface area contributed by atoms with Gasteiger partial charge in [0.15, 0.2) is 0 Å². The zero-order chi connectivity index (χ0) is 41.4. The van der Waals surface area contributed by atoms with Crippen molar-refractivity contribution in [2.75, 3.05) is 39.6 Å².